The van der Waals surface area contributed by atoms with Gasteiger partial charge < -0.3 is 14.6 Å². The first-order valence-corrected chi connectivity index (χ1v) is 6.67. The Kier molecular flexibility index (Phi) is 4.42. The summed E-state index contributed by atoms with van der Waals surface area (Å²) in [5.41, 5.74) is 1.07. The molecule has 1 aromatic rings. The van der Waals surface area contributed by atoms with Crippen molar-refractivity contribution >= 4 is 5.95 Å². The van der Waals surface area contributed by atoms with Gasteiger partial charge in [0.1, 0.15) is 0 Å². The number of imidazole rings is 1. The molecule has 1 N–H and O–H groups in total. The molecule has 1 saturated carbocycles. The van der Waals surface area contributed by atoms with Crippen molar-refractivity contribution in [3.63, 3.8) is 0 Å². The molecule has 1 aliphatic rings. The lowest BCUT2D eigenvalue weighted by atomic mass is 10.2. The van der Waals surface area contributed by atoms with Crippen molar-refractivity contribution in [2.75, 3.05) is 18.5 Å². The minimum absolute atomic E-state index is 0.614. The highest BCUT2D eigenvalue weighted by molar-refractivity contribution is 5.30. The number of rotatable bonds is 6. The zero-order chi connectivity index (χ0) is 12.1. The van der Waals surface area contributed by atoms with Gasteiger partial charge in [-0.1, -0.05) is 12.8 Å². The summed E-state index contributed by atoms with van der Waals surface area (Å²) < 4.78 is 7.57. The van der Waals surface area contributed by atoms with E-state index in [9.17, 15) is 0 Å². The zero-order valence-electron chi connectivity index (χ0n) is 10.9. The predicted molar refractivity (Wildman–Crippen MR) is 69.3 cm³/mol. The molecule has 1 aromatic heterocycles. The normalized spacial score (nSPS) is 16.6. The van der Waals surface area contributed by atoms with Crippen molar-refractivity contribution in [1.29, 1.82) is 0 Å². The van der Waals surface area contributed by atoms with Crippen molar-refractivity contribution in [2.24, 2.45) is 0 Å². The summed E-state index contributed by atoms with van der Waals surface area (Å²) in [5.74, 6) is 1.01. The number of hydrogen-bond donors (Lipinski definition) is 1. The monoisotopic (exact) mass is 237 g/mol. The number of aryl methyl sites for hydroxylation is 1. The average molecular weight is 237 g/mol. The van der Waals surface area contributed by atoms with Crippen LogP contribution in [0.25, 0.3) is 0 Å². The van der Waals surface area contributed by atoms with E-state index in [4.69, 9.17) is 4.74 Å². The van der Waals surface area contributed by atoms with Gasteiger partial charge in [-0.05, 0) is 26.7 Å². The van der Waals surface area contributed by atoms with Gasteiger partial charge in [0.25, 0.3) is 0 Å². The van der Waals surface area contributed by atoms with Gasteiger partial charge in [-0.3, -0.25) is 0 Å². The molecule has 0 unspecified atom stereocenters. The van der Waals surface area contributed by atoms with Crippen molar-refractivity contribution in [3.05, 3.63) is 11.9 Å². The highest BCUT2D eigenvalue weighted by Crippen LogP contribution is 2.22. The quantitative estimate of drug-likeness (QED) is 0.773. The van der Waals surface area contributed by atoms with Gasteiger partial charge in [0.05, 0.1) is 12.3 Å². The van der Waals surface area contributed by atoms with E-state index in [2.05, 4.69) is 21.1 Å². The molecular formula is C13H23N3O. The maximum absolute atomic E-state index is 5.40. The maximum Gasteiger partial charge on any atom is 0.203 e. The van der Waals surface area contributed by atoms with E-state index in [0.29, 0.717) is 6.04 Å². The number of nitrogens with one attached hydrogen (secondary N) is 1. The fourth-order valence-electron chi connectivity index (χ4n) is 2.39. The molecule has 96 valence electrons. The highest BCUT2D eigenvalue weighted by Gasteiger charge is 2.16. The van der Waals surface area contributed by atoms with Gasteiger partial charge in [0, 0.05) is 25.4 Å². The van der Waals surface area contributed by atoms with E-state index in [1.165, 1.54) is 25.7 Å². The van der Waals surface area contributed by atoms with Crippen LogP contribution in [-0.4, -0.2) is 28.8 Å². The molecule has 0 bridgehead atoms. The van der Waals surface area contributed by atoms with E-state index in [1.54, 1.807) is 0 Å². The van der Waals surface area contributed by atoms with E-state index in [0.717, 1.165) is 31.4 Å². The SMILES string of the molecule is CCOCCn1cc(C)nc1NC1CCCC1. The van der Waals surface area contributed by atoms with E-state index >= 15 is 0 Å². The second kappa shape index (κ2) is 6.05. The molecule has 17 heavy (non-hydrogen) atoms. The van der Waals surface area contributed by atoms with Crippen molar-refractivity contribution in [2.45, 2.75) is 52.1 Å². The summed E-state index contributed by atoms with van der Waals surface area (Å²) in [4.78, 5) is 4.55. The molecule has 0 atom stereocenters. The first-order valence-electron chi connectivity index (χ1n) is 6.67. The van der Waals surface area contributed by atoms with Gasteiger partial charge in [0.15, 0.2) is 0 Å². The smallest absolute Gasteiger partial charge is 0.203 e. The van der Waals surface area contributed by atoms with Crippen molar-refractivity contribution < 1.29 is 4.74 Å². The highest BCUT2D eigenvalue weighted by atomic mass is 16.5. The first kappa shape index (κ1) is 12.4. The lowest BCUT2D eigenvalue weighted by molar-refractivity contribution is 0.139. The van der Waals surface area contributed by atoms with Crippen LogP contribution in [0.3, 0.4) is 0 Å². The summed E-state index contributed by atoms with van der Waals surface area (Å²) in [6.07, 6.45) is 7.33. The van der Waals surface area contributed by atoms with Gasteiger partial charge >= 0.3 is 0 Å². The Morgan fingerprint density at radius 1 is 1.47 bits per heavy atom. The van der Waals surface area contributed by atoms with Crippen LogP contribution < -0.4 is 5.32 Å². The van der Waals surface area contributed by atoms with Crippen LogP contribution in [-0.2, 0) is 11.3 Å². The summed E-state index contributed by atoms with van der Waals surface area (Å²) in [6.45, 7) is 6.47. The van der Waals surface area contributed by atoms with E-state index in [-0.39, 0.29) is 0 Å². The third kappa shape index (κ3) is 3.46. The molecule has 4 heteroatoms. The second-order valence-electron chi connectivity index (χ2n) is 4.72. The molecule has 1 aliphatic carbocycles. The zero-order valence-corrected chi connectivity index (χ0v) is 10.9. The minimum Gasteiger partial charge on any atom is -0.380 e. The Hall–Kier alpha value is -1.03. The summed E-state index contributed by atoms with van der Waals surface area (Å²) in [7, 11) is 0. The summed E-state index contributed by atoms with van der Waals surface area (Å²) in [5, 5.41) is 3.55. The first-order chi connectivity index (χ1) is 8.29. The topological polar surface area (TPSA) is 39.1 Å². The third-order valence-corrected chi connectivity index (χ3v) is 3.27. The van der Waals surface area contributed by atoms with E-state index < -0.39 is 0 Å². The molecule has 0 saturated heterocycles. The standard InChI is InChI=1S/C13H23N3O/c1-3-17-9-8-16-10-11(2)14-13(16)15-12-6-4-5-7-12/h10,12H,3-9H2,1-2H3,(H,14,15). The van der Waals surface area contributed by atoms with Crippen LogP contribution in [0.5, 0.6) is 0 Å². The van der Waals surface area contributed by atoms with Crippen LogP contribution in [0.15, 0.2) is 6.20 Å². The van der Waals surface area contributed by atoms with Crippen LogP contribution >= 0.6 is 0 Å². The molecular weight excluding hydrogens is 214 g/mol. The maximum atomic E-state index is 5.40. The Morgan fingerprint density at radius 2 is 2.24 bits per heavy atom. The summed E-state index contributed by atoms with van der Waals surface area (Å²) >= 11 is 0. The number of anilines is 1. The van der Waals surface area contributed by atoms with Gasteiger partial charge in [-0.2, -0.15) is 0 Å². The molecule has 0 amide bonds. The van der Waals surface area contributed by atoms with Gasteiger partial charge in [-0.15, -0.1) is 0 Å². The van der Waals surface area contributed by atoms with Crippen LogP contribution in [0.4, 0.5) is 5.95 Å². The largest absolute Gasteiger partial charge is 0.380 e. The van der Waals surface area contributed by atoms with Gasteiger partial charge in [0.2, 0.25) is 5.95 Å². The summed E-state index contributed by atoms with van der Waals surface area (Å²) in [6, 6.07) is 0.614. The fraction of sp³-hybridized carbons (Fsp3) is 0.769. The van der Waals surface area contributed by atoms with Crippen LogP contribution in [0.1, 0.15) is 38.3 Å². The molecule has 0 radical (unpaired) electrons. The number of hydrogen-bond acceptors (Lipinski definition) is 3. The Bertz CT molecular complexity index is 342. The molecule has 1 fully saturated rings. The van der Waals surface area contributed by atoms with Crippen LogP contribution in [0, 0.1) is 6.92 Å². The molecule has 4 nitrogen and oxygen atoms in total. The average Bonchev–Trinajstić information content (AvgIpc) is 2.90. The molecule has 0 spiro atoms. The predicted octanol–water partition coefficient (Wildman–Crippen LogP) is 2.58. The van der Waals surface area contributed by atoms with Crippen molar-refractivity contribution in [1.82, 2.24) is 9.55 Å². The van der Waals surface area contributed by atoms with Crippen LogP contribution in [0.2, 0.25) is 0 Å². The molecule has 1 heterocycles. The molecule has 0 aromatic carbocycles. The number of nitrogens with zero attached hydrogens (tertiary/aromatic N) is 2. The lowest BCUT2D eigenvalue weighted by Gasteiger charge is -2.14. The minimum atomic E-state index is 0.614. The van der Waals surface area contributed by atoms with E-state index in [1.807, 2.05) is 13.8 Å². The lowest BCUT2D eigenvalue weighted by Crippen LogP contribution is -2.19. The van der Waals surface area contributed by atoms with Gasteiger partial charge in [-0.25, -0.2) is 4.98 Å². The Balaban J connectivity index is 1.94. The second-order valence-corrected chi connectivity index (χ2v) is 4.72. The van der Waals surface area contributed by atoms with Crippen molar-refractivity contribution in [3.8, 4) is 0 Å². The molecule has 0 aliphatic heterocycles. The number of ether oxygens (including phenoxy) is 1. The molecule has 2 rings (SSSR count). The third-order valence-electron chi connectivity index (χ3n) is 3.27. The fourth-order valence-corrected chi connectivity index (χ4v) is 2.39. The Morgan fingerprint density at radius 3 is 2.94 bits per heavy atom. The Labute approximate surface area is 103 Å². The number of aromatic nitrogens is 2.